The summed E-state index contributed by atoms with van der Waals surface area (Å²) < 4.78 is 5.39. The molecular weight excluding hydrogens is 284 g/mol. The van der Waals surface area contributed by atoms with E-state index in [9.17, 15) is 14.7 Å². The second kappa shape index (κ2) is 7.38. The molecule has 0 aromatic heterocycles. The van der Waals surface area contributed by atoms with Crippen molar-refractivity contribution in [3.05, 3.63) is 41.0 Å². The monoisotopic (exact) mass is 299 g/mol. The molecule has 1 aliphatic rings. The first kappa shape index (κ1) is 15.7. The number of benzene rings is 1. The van der Waals surface area contributed by atoms with Crippen molar-refractivity contribution in [3.8, 4) is 6.07 Å². The Hall–Kier alpha value is -2.65. The van der Waals surface area contributed by atoms with Crippen molar-refractivity contribution in [2.45, 2.75) is 18.9 Å². The average molecular weight is 299 g/mol. The van der Waals surface area contributed by atoms with E-state index in [1.807, 2.05) is 6.07 Å². The molecule has 1 aromatic carbocycles. The molecule has 0 spiro atoms. The number of carbonyl (C=O) groups is 2. The summed E-state index contributed by atoms with van der Waals surface area (Å²) in [7, 11) is 0. The van der Waals surface area contributed by atoms with Gasteiger partial charge in [0.2, 0.25) is 0 Å². The van der Waals surface area contributed by atoms with Crippen LogP contribution in [0.25, 0.3) is 6.08 Å². The quantitative estimate of drug-likeness (QED) is 0.620. The minimum absolute atomic E-state index is 0.00578. The van der Waals surface area contributed by atoms with Crippen molar-refractivity contribution in [3.63, 3.8) is 0 Å². The smallest absolute Gasteiger partial charge is 0.262 e. The number of carbonyl (C=O) groups excluding carboxylic acids is 2. The number of amides is 1. The van der Waals surface area contributed by atoms with E-state index in [0.717, 1.165) is 12.8 Å². The molecule has 1 atom stereocenters. The number of ether oxygens (including phenoxy) is 1. The predicted molar refractivity (Wildman–Crippen MR) is 76.3 cm³/mol. The second-order valence-corrected chi connectivity index (χ2v) is 4.92. The molecule has 1 saturated heterocycles. The number of carboxylic acid groups (broad SMARTS) is 1. The third-order valence-electron chi connectivity index (χ3n) is 3.34. The van der Waals surface area contributed by atoms with Crippen molar-refractivity contribution < 1.29 is 19.4 Å². The molecule has 1 amide bonds. The molecule has 0 radical (unpaired) electrons. The van der Waals surface area contributed by atoms with E-state index in [-0.39, 0.29) is 17.2 Å². The Labute approximate surface area is 128 Å². The molecule has 0 saturated carbocycles. The SMILES string of the molecule is N#C/C(=C/c1ccc(C(=O)[O-])cc1)C(=O)NC[C@@H]1CCCO1. The number of nitrogens with one attached hydrogen (secondary N) is 1. The topological polar surface area (TPSA) is 102 Å². The second-order valence-electron chi connectivity index (χ2n) is 4.92. The standard InChI is InChI=1S/C16H16N2O4/c17-9-13(15(19)18-10-14-2-1-7-22-14)8-11-3-5-12(6-4-11)16(20)21/h3-6,8,14H,1-2,7,10H2,(H,18,19)(H,20,21)/p-1/b13-8-/t14-/m0/s1. The van der Waals surface area contributed by atoms with Gasteiger partial charge in [0.25, 0.3) is 5.91 Å². The lowest BCUT2D eigenvalue weighted by atomic mass is 10.1. The Morgan fingerprint density at radius 2 is 2.14 bits per heavy atom. The van der Waals surface area contributed by atoms with Crippen LogP contribution in [0.5, 0.6) is 0 Å². The lowest BCUT2D eigenvalue weighted by Crippen LogP contribution is -2.32. The lowest BCUT2D eigenvalue weighted by Gasteiger charge is -2.10. The normalized spacial score (nSPS) is 17.8. The van der Waals surface area contributed by atoms with Crippen molar-refractivity contribution in [2.75, 3.05) is 13.2 Å². The number of carboxylic acids is 1. The largest absolute Gasteiger partial charge is 0.545 e. The van der Waals surface area contributed by atoms with Gasteiger partial charge in [0.05, 0.1) is 12.1 Å². The number of nitrogens with zero attached hydrogens (tertiary/aromatic N) is 1. The summed E-state index contributed by atoms with van der Waals surface area (Å²) in [5.74, 6) is -1.74. The van der Waals surface area contributed by atoms with Crippen LogP contribution in [0.3, 0.4) is 0 Å². The summed E-state index contributed by atoms with van der Waals surface area (Å²) in [6.07, 6.45) is 3.29. The minimum atomic E-state index is -1.27. The first-order chi connectivity index (χ1) is 10.6. The number of hydrogen-bond acceptors (Lipinski definition) is 5. The minimum Gasteiger partial charge on any atom is -0.545 e. The molecule has 0 unspecified atom stereocenters. The van der Waals surface area contributed by atoms with Gasteiger partial charge < -0.3 is 20.0 Å². The number of rotatable bonds is 5. The molecule has 1 fully saturated rings. The fourth-order valence-electron chi connectivity index (χ4n) is 2.14. The van der Waals surface area contributed by atoms with Crippen LogP contribution in [0, 0.1) is 11.3 Å². The highest BCUT2D eigenvalue weighted by molar-refractivity contribution is 6.01. The Morgan fingerprint density at radius 1 is 1.41 bits per heavy atom. The van der Waals surface area contributed by atoms with Gasteiger partial charge in [-0.1, -0.05) is 24.3 Å². The van der Waals surface area contributed by atoms with Gasteiger partial charge in [0.1, 0.15) is 11.6 Å². The zero-order chi connectivity index (χ0) is 15.9. The van der Waals surface area contributed by atoms with Crippen molar-refractivity contribution in [1.29, 1.82) is 5.26 Å². The number of aromatic carboxylic acids is 1. The van der Waals surface area contributed by atoms with E-state index >= 15 is 0 Å². The Bertz CT molecular complexity index is 623. The van der Waals surface area contributed by atoms with Crippen LogP contribution in [-0.4, -0.2) is 31.1 Å². The third kappa shape index (κ3) is 4.17. The summed E-state index contributed by atoms with van der Waals surface area (Å²) in [4.78, 5) is 22.6. The molecule has 0 aliphatic carbocycles. The molecule has 1 heterocycles. The highest BCUT2D eigenvalue weighted by Gasteiger charge is 2.17. The van der Waals surface area contributed by atoms with E-state index in [4.69, 9.17) is 10.00 Å². The third-order valence-corrected chi connectivity index (χ3v) is 3.34. The average Bonchev–Trinajstić information content (AvgIpc) is 3.04. The summed E-state index contributed by atoms with van der Waals surface area (Å²) in [6, 6.07) is 7.59. The highest BCUT2D eigenvalue weighted by atomic mass is 16.5. The van der Waals surface area contributed by atoms with Crippen LogP contribution in [0.2, 0.25) is 0 Å². The van der Waals surface area contributed by atoms with Crippen molar-refractivity contribution in [2.24, 2.45) is 0 Å². The summed E-state index contributed by atoms with van der Waals surface area (Å²) in [5, 5.41) is 22.4. The van der Waals surface area contributed by atoms with Gasteiger partial charge in [-0.25, -0.2) is 0 Å². The van der Waals surface area contributed by atoms with E-state index in [1.165, 1.54) is 30.3 Å². The summed E-state index contributed by atoms with van der Waals surface area (Å²) in [6.45, 7) is 1.08. The van der Waals surface area contributed by atoms with Crippen molar-refractivity contribution >= 4 is 18.0 Å². The molecule has 1 N–H and O–H groups in total. The van der Waals surface area contributed by atoms with Gasteiger partial charge in [-0.05, 0) is 30.0 Å². The first-order valence-corrected chi connectivity index (χ1v) is 6.93. The molecule has 22 heavy (non-hydrogen) atoms. The molecule has 6 heteroatoms. The number of hydrogen-bond donors (Lipinski definition) is 1. The Kier molecular flexibility index (Phi) is 5.28. The molecule has 6 nitrogen and oxygen atoms in total. The molecule has 1 aromatic rings. The lowest BCUT2D eigenvalue weighted by molar-refractivity contribution is -0.255. The van der Waals surface area contributed by atoms with Gasteiger partial charge in [-0.15, -0.1) is 0 Å². The van der Waals surface area contributed by atoms with Gasteiger partial charge in [-0.3, -0.25) is 4.79 Å². The maximum atomic E-state index is 11.9. The van der Waals surface area contributed by atoms with Crippen LogP contribution in [0.4, 0.5) is 0 Å². The van der Waals surface area contributed by atoms with Crippen molar-refractivity contribution in [1.82, 2.24) is 5.32 Å². The van der Waals surface area contributed by atoms with E-state index < -0.39 is 11.9 Å². The van der Waals surface area contributed by atoms with Crippen LogP contribution < -0.4 is 10.4 Å². The van der Waals surface area contributed by atoms with Gasteiger partial charge in [0.15, 0.2) is 0 Å². The van der Waals surface area contributed by atoms with Crippen LogP contribution >= 0.6 is 0 Å². The number of nitriles is 1. The van der Waals surface area contributed by atoms with Gasteiger partial charge >= 0.3 is 0 Å². The Morgan fingerprint density at radius 3 is 2.68 bits per heavy atom. The molecule has 2 rings (SSSR count). The zero-order valence-corrected chi connectivity index (χ0v) is 11.9. The van der Waals surface area contributed by atoms with E-state index in [1.54, 1.807) is 0 Å². The fraction of sp³-hybridized carbons (Fsp3) is 0.312. The summed E-state index contributed by atoms with van der Waals surface area (Å²) >= 11 is 0. The van der Waals surface area contributed by atoms with Crippen LogP contribution in [-0.2, 0) is 9.53 Å². The summed E-state index contributed by atoms with van der Waals surface area (Å²) in [5.41, 5.74) is 0.562. The van der Waals surface area contributed by atoms with E-state index in [0.29, 0.717) is 18.7 Å². The highest BCUT2D eigenvalue weighted by Crippen LogP contribution is 2.12. The molecule has 0 bridgehead atoms. The maximum Gasteiger partial charge on any atom is 0.262 e. The molecular formula is C16H15N2O4-. The molecule has 114 valence electrons. The predicted octanol–water partition coefficient (Wildman–Crippen LogP) is 0.252. The Balaban J connectivity index is 2.01. The van der Waals surface area contributed by atoms with Crippen LogP contribution in [0.1, 0.15) is 28.8 Å². The van der Waals surface area contributed by atoms with E-state index in [2.05, 4.69) is 5.32 Å². The zero-order valence-electron chi connectivity index (χ0n) is 11.9. The van der Waals surface area contributed by atoms with Gasteiger partial charge in [0, 0.05) is 13.2 Å². The van der Waals surface area contributed by atoms with Gasteiger partial charge in [-0.2, -0.15) is 5.26 Å². The maximum absolute atomic E-state index is 11.9. The first-order valence-electron chi connectivity index (χ1n) is 6.93. The fourth-order valence-corrected chi connectivity index (χ4v) is 2.14. The molecule has 1 aliphatic heterocycles. The van der Waals surface area contributed by atoms with Crippen LogP contribution in [0.15, 0.2) is 29.8 Å².